The van der Waals surface area contributed by atoms with Crippen LogP contribution in [-0.4, -0.2) is 19.1 Å². The van der Waals surface area contributed by atoms with Crippen LogP contribution in [0.4, 0.5) is 0 Å². The van der Waals surface area contributed by atoms with Gasteiger partial charge in [-0.3, -0.25) is 4.79 Å². The van der Waals surface area contributed by atoms with Crippen molar-refractivity contribution in [3.05, 3.63) is 47.4 Å². The molecule has 1 atom stereocenters. The van der Waals surface area contributed by atoms with Gasteiger partial charge >= 0.3 is 0 Å². The van der Waals surface area contributed by atoms with Crippen molar-refractivity contribution in [1.82, 2.24) is 5.32 Å². The fraction of sp³-hybridized carbons (Fsp3) is 0.471. The Morgan fingerprint density at radius 1 is 1.19 bits per heavy atom. The van der Waals surface area contributed by atoms with E-state index in [0.717, 1.165) is 12.0 Å². The predicted molar refractivity (Wildman–Crippen MR) is 81.5 cm³/mol. The van der Waals surface area contributed by atoms with Crippen LogP contribution < -0.4 is 5.32 Å². The number of benzene rings is 1. The topological polar surface area (TPSA) is 47.6 Å². The number of nitrogens with one attached hydrogen (secondary N) is 1. The zero-order valence-corrected chi connectivity index (χ0v) is 12.9. The highest BCUT2D eigenvalue weighted by Crippen LogP contribution is 2.16. The maximum absolute atomic E-state index is 12.0. The molecule has 1 unspecified atom stereocenters. The summed E-state index contributed by atoms with van der Waals surface area (Å²) in [5.74, 6) is 0.640. The lowest BCUT2D eigenvalue weighted by Crippen LogP contribution is -2.30. The van der Waals surface area contributed by atoms with Crippen LogP contribution in [0.1, 0.15) is 37.9 Å². The fourth-order valence-electron chi connectivity index (χ4n) is 2.25. The van der Waals surface area contributed by atoms with E-state index in [1.807, 2.05) is 6.92 Å². The highest BCUT2D eigenvalue weighted by molar-refractivity contribution is 5.91. The van der Waals surface area contributed by atoms with Crippen molar-refractivity contribution in [3.8, 4) is 0 Å². The zero-order chi connectivity index (χ0) is 15.2. The molecule has 0 bridgehead atoms. The molecule has 1 aliphatic heterocycles. The Kier molecular flexibility index (Phi) is 5.26. The van der Waals surface area contributed by atoms with E-state index in [0.29, 0.717) is 19.1 Å². The van der Waals surface area contributed by atoms with E-state index in [-0.39, 0.29) is 17.7 Å². The first-order chi connectivity index (χ1) is 10.1. The molecule has 0 aromatic heterocycles. The van der Waals surface area contributed by atoms with Gasteiger partial charge in [0.05, 0.1) is 6.04 Å². The average molecular weight is 289 g/mol. The fourth-order valence-corrected chi connectivity index (χ4v) is 2.25. The highest BCUT2D eigenvalue weighted by Gasteiger charge is 2.17. The quantitative estimate of drug-likeness (QED) is 0.906. The normalized spacial score (nSPS) is 15.7. The van der Waals surface area contributed by atoms with E-state index in [4.69, 9.17) is 9.47 Å². The van der Waals surface area contributed by atoms with Crippen molar-refractivity contribution in [2.45, 2.75) is 33.2 Å². The van der Waals surface area contributed by atoms with Gasteiger partial charge in [-0.25, -0.2) is 0 Å². The van der Waals surface area contributed by atoms with Crippen LogP contribution in [0, 0.1) is 5.92 Å². The summed E-state index contributed by atoms with van der Waals surface area (Å²) >= 11 is 0. The number of rotatable bonds is 5. The molecular weight excluding hydrogens is 266 g/mol. The zero-order valence-electron chi connectivity index (χ0n) is 12.9. The first-order valence-electron chi connectivity index (χ1n) is 7.40. The summed E-state index contributed by atoms with van der Waals surface area (Å²) in [5, 5.41) is 2.91. The van der Waals surface area contributed by atoms with Crippen LogP contribution in [0.5, 0.6) is 0 Å². The van der Waals surface area contributed by atoms with Gasteiger partial charge in [0.2, 0.25) is 5.76 Å². The van der Waals surface area contributed by atoms with E-state index in [1.54, 1.807) is 0 Å². The molecule has 1 aromatic rings. The molecule has 1 aliphatic rings. The standard InChI is InChI=1S/C17H23NO3/c1-12(2)10-14-4-6-15(7-5-14)13(3)18-17(19)16-11-20-8-9-21-16/h4-7,11-13H,8-10H2,1-3H3,(H,18,19). The van der Waals surface area contributed by atoms with E-state index in [2.05, 4.69) is 43.4 Å². The third-order valence-electron chi connectivity index (χ3n) is 3.34. The summed E-state index contributed by atoms with van der Waals surface area (Å²) in [6.07, 6.45) is 2.44. The van der Waals surface area contributed by atoms with Gasteiger partial charge in [0.15, 0.2) is 0 Å². The Hall–Kier alpha value is -1.97. The Bertz CT molecular complexity index is 505. The van der Waals surface area contributed by atoms with Crippen molar-refractivity contribution >= 4 is 5.91 Å². The van der Waals surface area contributed by atoms with Crippen molar-refractivity contribution in [1.29, 1.82) is 0 Å². The van der Waals surface area contributed by atoms with E-state index in [9.17, 15) is 4.79 Å². The number of hydrogen-bond acceptors (Lipinski definition) is 3. The lowest BCUT2D eigenvalue weighted by atomic mass is 10.00. The van der Waals surface area contributed by atoms with Crippen molar-refractivity contribution in [2.75, 3.05) is 13.2 Å². The molecule has 1 heterocycles. The van der Waals surface area contributed by atoms with Gasteiger partial charge in [0, 0.05) is 0 Å². The largest absolute Gasteiger partial charge is 0.494 e. The molecule has 1 aromatic carbocycles. The molecule has 0 aliphatic carbocycles. The lowest BCUT2D eigenvalue weighted by molar-refractivity contribution is -0.122. The first kappa shape index (κ1) is 15.4. The summed E-state index contributed by atoms with van der Waals surface area (Å²) in [7, 11) is 0. The number of carbonyl (C=O) groups is 1. The van der Waals surface area contributed by atoms with Crippen LogP contribution in [-0.2, 0) is 20.7 Å². The van der Waals surface area contributed by atoms with Crippen LogP contribution in [0.15, 0.2) is 36.3 Å². The van der Waals surface area contributed by atoms with Crippen LogP contribution in [0.25, 0.3) is 0 Å². The summed E-state index contributed by atoms with van der Waals surface area (Å²) in [6.45, 7) is 7.27. The number of ether oxygens (including phenoxy) is 2. The summed E-state index contributed by atoms with van der Waals surface area (Å²) < 4.78 is 10.4. The van der Waals surface area contributed by atoms with Crippen LogP contribution >= 0.6 is 0 Å². The molecule has 21 heavy (non-hydrogen) atoms. The molecule has 0 saturated carbocycles. The van der Waals surface area contributed by atoms with Gasteiger partial charge in [-0.15, -0.1) is 0 Å². The Balaban J connectivity index is 1.94. The molecule has 1 N–H and O–H groups in total. The molecule has 2 rings (SSSR count). The number of carbonyl (C=O) groups excluding carboxylic acids is 1. The van der Waals surface area contributed by atoms with Gasteiger partial charge in [-0.2, -0.15) is 0 Å². The monoisotopic (exact) mass is 289 g/mol. The first-order valence-corrected chi connectivity index (χ1v) is 7.40. The third kappa shape index (κ3) is 4.52. The second-order valence-corrected chi connectivity index (χ2v) is 5.74. The minimum atomic E-state index is -0.242. The molecular formula is C17H23NO3. The molecule has 114 valence electrons. The molecule has 0 radical (unpaired) electrons. The van der Waals surface area contributed by atoms with Gasteiger partial charge in [-0.05, 0) is 30.4 Å². The average Bonchev–Trinajstić information content (AvgIpc) is 2.48. The third-order valence-corrected chi connectivity index (χ3v) is 3.34. The number of hydrogen-bond donors (Lipinski definition) is 1. The van der Waals surface area contributed by atoms with Gasteiger partial charge < -0.3 is 14.8 Å². The Morgan fingerprint density at radius 3 is 2.48 bits per heavy atom. The molecule has 4 heteroatoms. The van der Waals surface area contributed by atoms with Gasteiger partial charge in [0.25, 0.3) is 5.91 Å². The molecule has 0 spiro atoms. The highest BCUT2D eigenvalue weighted by atomic mass is 16.6. The van der Waals surface area contributed by atoms with E-state index >= 15 is 0 Å². The molecule has 4 nitrogen and oxygen atoms in total. The van der Waals surface area contributed by atoms with E-state index in [1.165, 1.54) is 11.8 Å². The maximum Gasteiger partial charge on any atom is 0.290 e. The van der Waals surface area contributed by atoms with Crippen molar-refractivity contribution in [2.24, 2.45) is 5.92 Å². The smallest absolute Gasteiger partial charge is 0.290 e. The minimum Gasteiger partial charge on any atom is -0.494 e. The predicted octanol–water partition coefficient (Wildman–Crippen LogP) is 2.95. The summed E-state index contributed by atoms with van der Waals surface area (Å²) in [6, 6.07) is 8.30. The SMILES string of the molecule is CC(C)Cc1ccc(C(C)NC(=O)C2=COCCO2)cc1. The summed E-state index contributed by atoms with van der Waals surface area (Å²) in [4.78, 5) is 12.0. The van der Waals surface area contributed by atoms with Crippen molar-refractivity contribution < 1.29 is 14.3 Å². The molecule has 0 saturated heterocycles. The second kappa shape index (κ2) is 7.16. The summed E-state index contributed by atoms with van der Waals surface area (Å²) in [5.41, 5.74) is 2.40. The Morgan fingerprint density at radius 2 is 1.90 bits per heavy atom. The minimum absolute atomic E-state index is 0.0722. The molecule has 1 amide bonds. The van der Waals surface area contributed by atoms with Gasteiger partial charge in [-0.1, -0.05) is 38.1 Å². The van der Waals surface area contributed by atoms with Crippen LogP contribution in [0.2, 0.25) is 0 Å². The lowest BCUT2D eigenvalue weighted by Gasteiger charge is -2.18. The molecule has 0 fully saturated rings. The van der Waals surface area contributed by atoms with Crippen molar-refractivity contribution in [3.63, 3.8) is 0 Å². The maximum atomic E-state index is 12.0. The second-order valence-electron chi connectivity index (χ2n) is 5.74. The Labute approximate surface area is 126 Å². The van der Waals surface area contributed by atoms with Gasteiger partial charge in [0.1, 0.15) is 19.5 Å². The van der Waals surface area contributed by atoms with E-state index < -0.39 is 0 Å². The van der Waals surface area contributed by atoms with Crippen LogP contribution in [0.3, 0.4) is 0 Å². The number of amides is 1.